The molecule has 110 valence electrons. The summed E-state index contributed by atoms with van der Waals surface area (Å²) >= 11 is 3.27. The van der Waals surface area contributed by atoms with Crippen LogP contribution < -0.4 is 10.1 Å². The Morgan fingerprint density at radius 1 is 1.24 bits per heavy atom. The van der Waals surface area contributed by atoms with Gasteiger partial charge in [0.2, 0.25) is 0 Å². The molecule has 4 nitrogen and oxygen atoms in total. The van der Waals surface area contributed by atoms with Gasteiger partial charge in [0.15, 0.2) is 0 Å². The van der Waals surface area contributed by atoms with E-state index in [9.17, 15) is 9.18 Å². The zero-order valence-electron chi connectivity index (χ0n) is 11.0. The molecule has 0 saturated heterocycles. The van der Waals surface area contributed by atoms with Crippen molar-refractivity contribution >= 4 is 27.6 Å². The van der Waals surface area contributed by atoms with Crippen molar-refractivity contribution in [2.75, 3.05) is 18.5 Å². The Morgan fingerprint density at radius 3 is 2.57 bits per heavy atom. The molecule has 0 fully saturated rings. The SMILES string of the molecule is O=C(O)c1ccc(OCCNc2c(F)cccc2Br)cc1. The van der Waals surface area contributed by atoms with Crippen LogP contribution in [0.3, 0.4) is 0 Å². The quantitative estimate of drug-likeness (QED) is 0.776. The number of nitrogens with one attached hydrogen (secondary N) is 1. The molecule has 2 N–H and O–H groups in total. The van der Waals surface area contributed by atoms with Gasteiger partial charge in [-0.25, -0.2) is 9.18 Å². The van der Waals surface area contributed by atoms with E-state index in [1.54, 1.807) is 24.3 Å². The van der Waals surface area contributed by atoms with E-state index in [4.69, 9.17) is 9.84 Å². The van der Waals surface area contributed by atoms with Gasteiger partial charge < -0.3 is 15.2 Å². The first-order valence-electron chi connectivity index (χ1n) is 6.22. The third-order valence-corrected chi connectivity index (χ3v) is 3.40. The van der Waals surface area contributed by atoms with Crippen molar-refractivity contribution in [1.82, 2.24) is 0 Å². The number of carboxylic acids is 1. The first-order chi connectivity index (χ1) is 10.1. The lowest BCUT2D eigenvalue weighted by molar-refractivity contribution is 0.0697. The number of anilines is 1. The summed E-state index contributed by atoms with van der Waals surface area (Å²) in [5.74, 6) is -0.753. The monoisotopic (exact) mass is 353 g/mol. The van der Waals surface area contributed by atoms with Crippen molar-refractivity contribution < 1.29 is 19.0 Å². The van der Waals surface area contributed by atoms with Crippen molar-refractivity contribution in [1.29, 1.82) is 0 Å². The van der Waals surface area contributed by atoms with E-state index in [1.165, 1.54) is 18.2 Å². The molecule has 0 heterocycles. The van der Waals surface area contributed by atoms with Crippen LogP contribution in [0.2, 0.25) is 0 Å². The first-order valence-corrected chi connectivity index (χ1v) is 7.01. The zero-order valence-corrected chi connectivity index (χ0v) is 12.6. The Morgan fingerprint density at radius 2 is 1.95 bits per heavy atom. The second-order valence-electron chi connectivity index (χ2n) is 4.20. The second kappa shape index (κ2) is 7.08. The van der Waals surface area contributed by atoms with Gasteiger partial charge in [0.1, 0.15) is 18.2 Å². The lowest BCUT2D eigenvalue weighted by Crippen LogP contribution is -2.12. The maximum atomic E-state index is 13.5. The molecule has 6 heteroatoms. The highest BCUT2D eigenvalue weighted by atomic mass is 79.9. The van der Waals surface area contributed by atoms with Gasteiger partial charge in [-0.2, -0.15) is 0 Å². The van der Waals surface area contributed by atoms with E-state index >= 15 is 0 Å². The van der Waals surface area contributed by atoms with Crippen LogP contribution in [0.5, 0.6) is 5.75 Å². The van der Waals surface area contributed by atoms with Crippen molar-refractivity contribution in [3.8, 4) is 5.75 Å². The number of carbonyl (C=O) groups is 1. The van der Waals surface area contributed by atoms with Gasteiger partial charge in [0, 0.05) is 11.0 Å². The minimum atomic E-state index is -0.979. The first kappa shape index (κ1) is 15.3. The van der Waals surface area contributed by atoms with Crippen LogP contribution in [0.25, 0.3) is 0 Å². The van der Waals surface area contributed by atoms with Crippen molar-refractivity contribution in [2.45, 2.75) is 0 Å². The van der Waals surface area contributed by atoms with Gasteiger partial charge in [0.25, 0.3) is 0 Å². The molecule has 2 aromatic carbocycles. The standard InChI is InChI=1S/C15H13BrFNO3/c16-12-2-1-3-13(17)14(12)18-8-9-21-11-6-4-10(5-7-11)15(19)20/h1-7,18H,8-9H2,(H,19,20). The van der Waals surface area contributed by atoms with E-state index in [1.807, 2.05) is 0 Å². The summed E-state index contributed by atoms with van der Waals surface area (Å²) in [6.07, 6.45) is 0. The molecule has 0 spiro atoms. The number of para-hydroxylation sites is 1. The fourth-order valence-electron chi connectivity index (χ4n) is 1.71. The average Bonchev–Trinajstić information content (AvgIpc) is 2.46. The van der Waals surface area contributed by atoms with Gasteiger partial charge >= 0.3 is 5.97 Å². The summed E-state index contributed by atoms with van der Waals surface area (Å²) in [6.45, 7) is 0.743. The van der Waals surface area contributed by atoms with E-state index in [2.05, 4.69) is 21.2 Å². The third kappa shape index (κ3) is 4.19. The number of rotatable bonds is 6. The van der Waals surface area contributed by atoms with Crippen LogP contribution in [0.4, 0.5) is 10.1 Å². The number of aromatic carboxylic acids is 1. The maximum absolute atomic E-state index is 13.5. The molecule has 0 amide bonds. The predicted octanol–water partition coefficient (Wildman–Crippen LogP) is 3.78. The number of hydrogen-bond donors (Lipinski definition) is 2. The number of halogens is 2. The largest absolute Gasteiger partial charge is 0.492 e. The Hall–Kier alpha value is -2.08. The van der Waals surface area contributed by atoms with Gasteiger partial charge in [-0.05, 0) is 52.3 Å². The smallest absolute Gasteiger partial charge is 0.335 e. The van der Waals surface area contributed by atoms with Crippen LogP contribution in [0.15, 0.2) is 46.9 Å². The van der Waals surface area contributed by atoms with Crippen molar-refractivity contribution in [3.05, 3.63) is 58.3 Å². The Balaban J connectivity index is 1.83. The van der Waals surface area contributed by atoms with Crippen LogP contribution >= 0.6 is 15.9 Å². The van der Waals surface area contributed by atoms with Crippen LogP contribution in [-0.4, -0.2) is 24.2 Å². The van der Waals surface area contributed by atoms with Crippen LogP contribution in [0.1, 0.15) is 10.4 Å². The molecule has 0 aliphatic carbocycles. The highest BCUT2D eigenvalue weighted by molar-refractivity contribution is 9.10. The van der Waals surface area contributed by atoms with Crippen LogP contribution in [0, 0.1) is 5.82 Å². The van der Waals surface area contributed by atoms with Gasteiger partial charge in [-0.3, -0.25) is 0 Å². The molecule has 0 atom stereocenters. The molecule has 0 radical (unpaired) electrons. The predicted molar refractivity (Wildman–Crippen MR) is 81.5 cm³/mol. The van der Waals surface area contributed by atoms with Crippen molar-refractivity contribution in [2.24, 2.45) is 0 Å². The maximum Gasteiger partial charge on any atom is 0.335 e. The van der Waals surface area contributed by atoms with Gasteiger partial charge in [-0.1, -0.05) is 6.07 Å². The number of benzene rings is 2. The van der Waals surface area contributed by atoms with E-state index in [-0.39, 0.29) is 11.4 Å². The fraction of sp³-hybridized carbons (Fsp3) is 0.133. The Bertz CT molecular complexity index is 611. The van der Waals surface area contributed by atoms with Crippen molar-refractivity contribution in [3.63, 3.8) is 0 Å². The molecular formula is C15H13BrFNO3. The van der Waals surface area contributed by atoms with Crippen LogP contribution in [-0.2, 0) is 0 Å². The molecule has 0 aromatic heterocycles. The molecule has 0 aliphatic rings. The Labute approximate surface area is 129 Å². The number of hydrogen-bond acceptors (Lipinski definition) is 3. The third-order valence-electron chi connectivity index (χ3n) is 2.74. The minimum Gasteiger partial charge on any atom is -0.492 e. The molecular weight excluding hydrogens is 341 g/mol. The number of carboxylic acid groups (broad SMARTS) is 1. The average molecular weight is 354 g/mol. The summed E-state index contributed by atoms with van der Waals surface area (Å²) in [5.41, 5.74) is 0.595. The molecule has 0 bridgehead atoms. The number of ether oxygens (including phenoxy) is 1. The summed E-state index contributed by atoms with van der Waals surface area (Å²) in [5, 5.41) is 11.7. The lowest BCUT2D eigenvalue weighted by Gasteiger charge is -2.10. The highest BCUT2D eigenvalue weighted by Gasteiger charge is 2.05. The normalized spacial score (nSPS) is 10.2. The molecule has 21 heavy (non-hydrogen) atoms. The topological polar surface area (TPSA) is 58.6 Å². The summed E-state index contributed by atoms with van der Waals surface area (Å²) in [7, 11) is 0. The van der Waals surface area contributed by atoms with E-state index in [0.717, 1.165) is 0 Å². The fourth-order valence-corrected chi connectivity index (χ4v) is 2.19. The second-order valence-corrected chi connectivity index (χ2v) is 5.06. The molecule has 2 aromatic rings. The minimum absolute atomic E-state index is 0.204. The molecule has 2 rings (SSSR count). The van der Waals surface area contributed by atoms with Gasteiger partial charge in [0.05, 0.1) is 11.3 Å². The Kier molecular flexibility index (Phi) is 5.16. The molecule has 0 saturated carbocycles. The van der Waals surface area contributed by atoms with Gasteiger partial charge in [-0.15, -0.1) is 0 Å². The lowest BCUT2D eigenvalue weighted by atomic mass is 10.2. The van der Waals surface area contributed by atoms with E-state index < -0.39 is 5.97 Å². The zero-order chi connectivity index (χ0) is 15.2. The summed E-state index contributed by atoms with van der Waals surface area (Å²) < 4.78 is 19.6. The van der Waals surface area contributed by atoms with E-state index in [0.29, 0.717) is 29.1 Å². The molecule has 0 aliphatic heterocycles. The highest BCUT2D eigenvalue weighted by Crippen LogP contribution is 2.24. The molecule has 0 unspecified atom stereocenters. The summed E-state index contributed by atoms with van der Waals surface area (Å²) in [4.78, 5) is 10.7. The summed E-state index contributed by atoms with van der Waals surface area (Å²) in [6, 6.07) is 10.8.